The molecule has 1 N–H and O–H groups in total. The van der Waals surface area contributed by atoms with Gasteiger partial charge in [-0.3, -0.25) is 4.90 Å². The van der Waals surface area contributed by atoms with Crippen molar-refractivity contribution in [2.45, 2.75) is 50.7 Å². The maximum atomic E-state index is 13.0. The molecule has 2 saturated carbocycles. The predicted molar refractivity (Wildman–Crippen MR) is 119 cm³/mol. The molecule has 0 unspecified atom stereocenters. The monoisotopic (exact) mass is 422 g/mol. The van der Waals surface area contributed by atoms with Crippen LogP contribution in [0.15, 0.2) is 54.6 Å². The number of hydrogen-bond acceptors (Lipinski definition) is 5. The Morgan fingerprint density at radius 3 is 2.50 bits per heavy atom. The summed E-state index contributed by atoms with van der Waals surface area (Å²) in [5.74, 6) is 0.588. The molecule has 0 atom stereocenters. The highest BCUT2D eigenvalue weighted by Gasteiger charge is 2.53. The van der Waals surface area contributed by atoms with Crippen LogP contribution in [0, 0.1) is 11.2 Å². The standard InChI is InChI=1S/C24H27FN4S/c1-29(16-18-5-3-2-4-6-18)21-14-24(15-21)12-20(13-24)26-23-27-22(28-30-23)11-17-7-9-19(25)10-8-17/h2-10,20-21H,11-16H2,1H3,(H,26,27,28). The molecule has 1 aromatic heterocycles. The van der Waals surface area contributed by atoms with Gasteiger partial charge in [0.05, 0.1) is 0 Å². The quantitative estimate of drug-likeness (QED) is 0.574. The van der Waals surface area contributed by atoms with E-state index in [2.05, 4.69) is 57.0 Å². The fourth-order valence-electron chi connectivity index (χ4n) is 5.02. The predicted octanol–water partition coefficient (Wildman–Crippen LogP) is 5.12. The van der Waals surface area contributed by atoms with Crippen LogP contribution in [-0.4, -0.2) is 33.4 Å². The molecule has 1 spiro atoms. The Morgan fingerprint density at radius 2 is 1.77 bits per heavy atom. The fraction of sp³-hybridized carbons (Fsp3) is 0.417. The second-order valence-electron chi connectivity index (χ2n) is 9.03. The second kappa shape index (κ2) is 8.08. The van der Waals surface area contributed by atoms with E-state index in [0.717, 1.165) is 23.1 Å². The smallest absolute Gasteiger partial charge is 0.202 e. The zero-order valence-electron chi connectivity index (χ0n) is 17.2. The third-order valence-corrected chi connectivity index (χ3v) is 7.35. The lowest BCUT2D eigenvalue weighted by Crippen LogP contribution is -2.58. The Bertz CT molecular complexity index is 974. The summed E-state index contributed by atoms with van der Waals surface area (Å²) >= 11 is 1.43. The largest absolute Gasteiger partial charge is 0.358 e. The molecule has 0 amide bonds. The molecule has 30 heavy (non-hydrogen) atoms. The van der Waals surface area contributed by atoms with Crippen molar-refractivity contribution in [3.8, 4) is 0 Å². The summed E-state index contributed by atoms with van der Waals surface area (Å²) in [6.45, 7) is 1.03. The molecule has 2 aliphatic carbocycles. The minimum Gasteiger partial charge on any atom is -0.358 e. The van der Waals surface area contributed by atoms with E-state index in [1.54, 1.807) is 12.1 Å². The van der Waals surface area contributed by atoms with Gasteiger partial charge in [-0.25, -0.2) is 9.37 Å². The van der Waals surface area contributed by atoms with E-state index in [-0.39, 0.29) is 5.82 Å². The normalized spacial score (nSPS) is 25.2. The number of aromatic nitrogens is 2. The van der Waals surface area contributed by atoms with Gasteiger partial charge >= 0.3 is 0 Å². The molecule has 3 aromatic rings. The molecule has 6 heteroatoms. The summed E-state index contributed by atoms with van der Waals surface area (Å²) in [7, 11) is 2.25. The topological polar surface area (TPSA) is 41.0 Å². The molecular weight excluding hydrogens is 395 g/mol. The van der Waals surface area contributed by atoms with Crippen molar-refractivity contribution in [1.29, 1.82) is 0 Å². The van der Waals surface area contributed by atoms with Crippen LogP contribution in [0.25, 0.3) is 0 Å². The van der Waals surface area contributed by atoms with E-state index < -0.39 is 0 Å². The molecule has 4 nitrogen and oxygen atoms in total. The molecule has 0 radical (unpaired) electrons. The summed E-state index contributed by atoms with van der Waals surface area (Å²) in [6.07, 6.45) is 5.72. The highest BCUT2D eigenvalue weighted by Crippen LogP contribution is 2.57. The number of nitrogens with zero attached hydrogens (tertiary/aromatic N) is 3. The Kier molecular flexibility index (Phi) is 5.29. The Hall–Kier alpha value is -2.31. The van der Waals surface area contributed by atoms with Gasteiger partial charge in [-0.1, -0.05) is 42.5 Å². The lowest BCUT2D eigenvalue weighted by atomic mass is 9.52. The van der Waals surface area contributed by atoms with Crippen LogP contribution in [0.5, 0.6) is 0 Å². The van der Waals surface area contributed by atoms with E-state index in [1.807, 2.05) is 0 Å². The lowest BCUT2D eigenvalue weighted by Gasteiger charge is -2.59. The third-order valence-electron chi connectivity index (χ3n) is 6.67. The lowest BCUT2D eigenvalue weighted by molar-refractivity contribution is -0.0561. The van der Waals surface area contributed by atoms with Crippen molar-refractivity contribution in [3.63, 3.8) is 0 Å². The number of halogens is 1. The van der Waals surface area contributed by atoms with E-state index >= 15 is 0 Å². The van der Waals surface area contributed by atoms with Crippen LogP contribution in [0.1, 0.15) is 42.6 Å². The first-order valence-electron chi connectivity index (χ1n) is 10.6. The van der Waals surface area contributed by atoms with Gasteiger partial charge in [0.2, 0.25) is 5.13 Å². The molecule has 0 bridgehead atoms. The third kappa shape index (κ3) is 4.25. The fourth-order valence-corrected chi connectivity index (χ4v) is 5.68. The number of hydrogen-bond donors (Lipinski definition) is 1. The van der Waals surface area contributed by atoms with Crippen LogP contribution in [-0.2, 0) is 13.0 Å². The SMILES string of the molecule is CN(Cc1ccccc1)C1CC2(CC(Nc3nc(Cc4ccc(F)cc4)ns3)C2)C1. The molecule has 0 saturated heterocycles. The Morgan fingerprint density at radius 1 is 1.03 bits per heavy atom. The number of nitrogens with one attached hydrogen (secondary N) is 1. The molecule has 1 heterocycles. The van der Waals surface area contributed by atoms with Crippen LogP contribution in [0.4, 0.5) is 9.52 Å². The van der Waals surface area contributed by atoms with Gasteiger partial charge in [-0.2, -0.15) is 4.37 Å². The van der Waals surface area contributed by atoms with Crippen LogP contribution >= 0.6 is 11.5 Å². The van der Waals surface area contributed by atoms with Crippen molar-refractivity contribution < 1.29 is 4.39 Å². The van der Waals surface area contributed by atoms with Gasteiger partial charge in [-0.15, -0.1) is 0 Å². The zero-order valence-corrected chi connectivity index (χ0v) is 18.0. The maximum Gasteiger partial charge on any atom is 0.202 e. The molecule has 5 rings (SSSR count). The van der Waals surface area contributed by atoms with Crippen LogP contribution in [0.3, 0.4) is 0 Å². The van der Waals surface area contributed by atoms with Gasteiger partial charge in [-0.05, 0) is 61.4 Å². The van der Waals surface area contributed by atoms with Crippen molar-refractivity contribution in [2.75, 3.05) is 12.4 Å². The first-order chi connectivity index (χ1) is 14.6. The van der Waals surface area contributed by atoms with Gasteiger partial charge in [0, 0.05) is 36.6 Å². The van der Waals surface area contributed by atoms with Crippen LogP contribution in [0.2, 0.25) is 0 Å². The van der Waals surface area contributed by atoms with Crippen molar-refractivity contribution in [3.05, 3.63) is 77.4 Å². The molecule has 156 valence electrons. The van der Waals surface area contributed by atoms with Crippen molar-refractivity contribution in [1.82, 2.24) is 14.3 Å². The van der Waals surface area contributed by atoms with Gasteiger partial charge in [0.15, 0.2) is 0 Å². The summed E-state index contributed by atoms with van der Waals surface area (Å²) in [6, 6.07) is 18.5. The van der Waals surface area contributed by atoms with Crippen molar-refractivity contribution >= 4 is 16.7 Å². The molecule has 2 fully saturated rings. The number of anilines is 1. The summed E-state index contributed by atoms with van der Waals surface area (Å²) in [5.41, 5.74) is 2.96. The van der Waals surface area contributed by atoms with Gasteiger partial charge in [0.25, 0.3) is 0 Å². The van der Waals surface area contributed by atoms with Gasteiger partial charge < -0.3 is 5.32 Å². The first-order valence-corrected chi connectivity index (χ1v) is 11.4. The van der Waals surface area contributed by atoms with E-state index in [4.69, 9.17) is 0 Å². The average molecular weight is 423 g/mol. The summed E-state index contributed by atoms with van der Waals surface area (Å²) < 4.78 is 17.5. The number of rotatable bonds is 7. The highest BCUT2D eigenvalue weighted by molar-refractivity contribution is 7.09. The maximum absolute atomic E-state index is 13.0. The van der Waals surface area contributed by atoms with E-state index in [0.29, 0.717) is 23.9 Å². The second-order valence-corrected chi connectivity index (χ2v) is 9.78. The zero-order chi connectivity index (χ0) is 20.6. The molecule has 2 aliphatic rings. The van der Waals surface area contributed by atoms with E-state index in [1.165, 1.54) is 54.9 Å². The minimum atomic E-state index is -0.212. The highest BCUT2D eigenvalue weighted by atomic mass is 32.1. The Labute approximate surface area is 181 Å². The Balaban J connectivity index is 1.07. The van der Waals surface area contributed by atoms with E-state index in [9.17, 15) is 4.39 Å². The van der Waals surface area contributed by atoms with Crippen molar-refractivity contribution in [2.24, 2.45) is 5.41 Å². The molecule has 2 aromatic carbocycles. The summed E-state index contributed by atoms with van der Waals surface area (Å²) in [5, 5.41) is 4.48. The molecule has 0 aliphatic heterocycles. The van der Waals surface area contributed by atoms with Gasteiger partial charge in [0.1, 0.15) is 11.6 Å². The first kappa shape index (κ1) is 19.6. The van der Waals surface area contributed by atoms with Crippen LogP contribution < -0.4 is 5.32 Å². The average Bonchev–Trinajstić information content (AvgIpc) is 3.12. The summed E-state index contributed by atoms with van der Waals surface area (Å²) in [4.78, 5) is 7.13. The molecular formula is C24H27FN4S. The minimum absolute atomic E-state index is 0.212. The number of benzene rings is 2.